The first kappa shape index (κ1) is 13.4. The van der Waals surface area contributed by atoms with Gasteiger partial charge in [-0.2, -0.15) is 0 Å². The number of hydrogen-bond donors (Lipinski definition) is 1. The highest BCUT2D eigenvalue weighted by Gasteiger charge is 2.24. The van der Waals surface area contributed by atoms with Crippen molar-refractivity contribution in [2.75, 3.05) is 7.05 Å². The van der Waals surface area contributed by atoms with Crippen molar-refractivity contribution in [2.24, 2.45) is 5.92 Å². The number of hydrogen-bond acceptors (Lipinski definition) is 2. The van der Waals surface area contributed by atoms with Crippen LogP contribution in [0.1, 0.15) is 51.1 Å². The van der Waals surface area contributed by atoms with Crippen molar-refractivity contribution in [3.63, 3.8) is 0 Å². The lowest BCUT2D eigenvalue weighted by Crippen LogP contribution is -2.23. The maximum absolute atomic E-state index is 5.69. The molecule has 2 nitrogen and oxygen atoms in total. The van der Waals surface area contributed by atoms with Crippen molar-refractivity contribution < 1.29 is 4.74 Å². The summed E-state index contributed by atoms with van der Waals surface area (Å²) in [5, 5.41) is 3.48. The predicted octanol–water partition coefficient (Wildman–Crippen LogP) is 3.92. The molecule has 0 aromatic heterocycles. The molecule has 0 heterocycles. The lowest BCUT2D eigenvalue weighted by atomic mass is 9.92. The van der Waals surface area contributed by atoms with Crippen molar-refractivity contribution in [3.05, 3.63) is 29.8 Å². The van der Waals surface area contributed by atoms with Gasteiger partial charge >= 0.3 is 0 Å². The minimum atomic E-state index is 0.241. The highest BCUT2D eigenvalue weighted by molar-refractivity contribution is 5.29. The van der Waals surface area contributed by atoms with Gasteiger partial charge in [0, 0.05) is 6.04 Å². The van der Waals surface area contributed by atoms with Gasteiger partial charge in [0.15, 0.2) is 0 Å². The standard InChI is InChI=1S/C16H25NO/c1-12(2)18-15-10-8-14(9-11-15)16(17-3)13-6-4-5-7-13/h8-13,16-17H,4-7H2,1-3H3. The van der Waals surface area contributed by atoms with Crippen LogP contribution in [0.4, 0.5) is 0 Å². The third kappa shape index (κ3) is 3.26. The van der Waals surface area contributed by atoms with Gasteiger partial charge in [0.25, 0.3) is 0 Å². The van der Waals surface area contributed by atoms with E-state index in [1.54, 1.807) is 0 Å². The summed E-state index contributed by atoms with van der Waals surface area (Å²) in [4.78, 5) is 0. The normalized spacial score (nSPS) is 18.2. The quantitative estimate of drug-likeness (QED) is 0.851. The second-order valence-corrected chi connectivity index (χ2v) is 5.55. The maximum atomic E-state index is 5.69. The molecule has 2 heteroatoms. The van der Waals surface area contributed by atoms with Gasteiger partial charge in [-0.25, -0.2) is 0 Å². The van der Waals surface area contributed by atoms with Crippen LogP contribution >= 0.6 is 0 Å². The van der Waals surface area contributed by atoms with E-state index in [1.165, 1.54) is 31.2 Å². The lowest BCUT2D eigenvalue weighted by molar-refractivity contribution is 0.242. The molecular weight excluding hydrogens is 222 g/mol. The molecule has 0 saturated heterocycles. The monoisotopic (exact) mass is 247 g/mol. The average Bonchev–Trinajstić information content (AvgIpc) is 2.85. The lowest BCUT2D eigenvalue weighted by Gasteiger charge is -2.23. The summed E-state index contributed by atoms with van der Waals surface area (Å²) in [5.74, 6) is 1.77. The molecule has 100 valence electrons. The summed E-state index contributed by atoms with van der Waals surface area (Å²) in [6.07, 6.45) is 5.73. The van der Waals surface area contributed by atoms with E-state index in [0.29, 0.717) is 6.04 Å². The Hall–Kier alpha value is -1.02. The maximum Gasteiger partial charge on any atom is 0.119 e. The van der Waals surface area contributed by atoms with Crippen LogP contribution in [-0.2, 0) is 0 Å². The minimum absolute atomic E-state index is 0.241. The van der Waals surface area contributed by atoms with E-state index in [-0.39, 0.29) is 6.10 Å². The number of rotatable bonds is 5. The number of benzene rings is 1. The van der Waals surface area contributed by atoms with E-state index in [1.807, 2.05) is 0 Å². The van der Waals surface area contributed by atoms with Gasteiger partial charge in [-0.15, -0.1) is 0 Å². The van der Waals surface area contributed by atoms with E-state index in [0.717, 1.165) is 11.7 Å². The molecular formula is C16H25NO. The van der Waals surface area contributed by atoms with Crippen LogP contribution in [0.5, 0.6) is 5.75 Å². The third-order valence-corrected chi connectivity index (χ3v) is 3.79. The van der Waals surface area contributed by atoms with Crippen molar-refractivity contribution in [3.8, 4) is 5.75 Å². The van der Waals surface area contributed by atoms with Gasteiger partial charge in [0.1, 0.15) is 5.75 Å². The van der Waals surface area contributed by atoms with Crippen LogP contribution in [0.15, 0.2) is 24.3 Å². The molecule has 1 atom stereocenters. The first-order chi connectivity index (χ1) is 8.70. The van der Waals surface area contributed by atoms with Crippen molar-refractivity contribution >= 4 is 0 Å². The summed E-state index contributed by atoms with van der Waals surface area (Å²) in [7, 11) is 2.07. The fraction of sp³-hybridized carbons (Fsp3) is 0.625. The molecule has 1 aliphatic carbocycles. The Morgan fingerprint density at radius 2 is 1.72 bits per heavy atom. The van der Waals surface area contributed by atoms with Gasteiger partial charge in [0.05, 0.1) is 6.10 Å². The van der Waals surface area contributed by atoms with Crippen molar-refractivity contribution in [2.45, 2.75) is 51.7 Å². The molecule has 0 amide bonds. The Balaban J connectivity index is 2.06. The molecule has 1 unspecified atom stereocenters. The summed E-state index contributed by atoms with van der Waals surface area (Å²) < 4.78 is 5.69. The van der Waals surface area contributed by atoms with Gasteiger partial charge in [-0.1, -0.05) is 25.0 Å². The highest BCUT2D eigenvalue weighted by atomic mass is 16.5. The number of ether oxygens (including phenoxy) is 1. The van der Waals surface area contributed by atoms with Gasteiger partial charge in [-0.05, 0) is 57.4 Å². The zero-order chi connectivity index (χ0) is 13.0. The van der Waals surface area contributed by atoms with Gasteiger partial charge in [0.2, 0.25) is 0 Å². The van der Waals surface area contributed by atoms with E-state index in [2.05, 4.69) is 50.5 Å². The summed E-state index contributed by atoms with van der Waals surface area (Å²) in [5.41, 5.74) is 1.39. The molecule has 1 aromatic rings. The smallest absolute Gasteiger partial charge is 0.119 e. The zero-order valence-corrected chi connectivity index (χ0v) is 11.8. The summed E-state index contributed by atoms with van der Waals surface area (Å²) in [6, 6.07) is 9.10. The average molecular weight is 247 g/mol. The second kappa shape index (κ2) is 6.24. The Morgan fingerprint density at radius 3 is 2.22 bits per heavy atom. The van der Waals surface area contributed by atoms with Crippen molar-refractivity contribution in [1.82, 2.24) is 5.32 Å². The van der Waals surface area contributed by atoms with Crippen LogP contribution in [0.3, 0.4) is 0 Å². The molecule has 2 rings (SSSR count). The largest absolute Gasteiger partial charge is 0.491 e. The molecule has 0 aliphatic heterocycles. The zero-order valence-electron chi connectivity index (χ0n) is 11.8. The molecule has 1 saturated carbocycles. The Bertz CT molecular complexity index is 352. The molecule has 18 heavy (non-hydrogen) atoms. The van der Waals surface area contributed by atoms with E-state index in [4.69, 9.17) is 4.74 Å². The fourth-order valence-electron chi connectivity index (χ4n) is 2.99. The minimum Gasteiger partial charge on any atom is -0.491 e. The second-order valence-electron chi connectivity index (χ2n) is 5.55. The van der Waals surface area contributed by atoms with Crippen LogP contribution in [-0.4, -0.2) is 13.2 Å². The summed E-state index contributed by atoms with van der Waals surface area (Å²) in [6.45, 7) is 4.12. The van der Waals surface area contributed by atoms with E-state index < -0.39 is 0 Å². The molecule has 1 aromatic carbocycles. The van der Waals surface area contributed by atoms with Crippen LogP contribution in [0.2, 0.25) is 0 Å². The molecule has 0 radical (unpaired) electrons. The van der Waals surface area contributed by atoms with Crippen LogP contribution < -0.4 is 10.1 Å². The summed E-state index contributed by atoms with van der Waals surface area (Å²) >= 11 is 0. The fourth-order valence-corrected chi connectivity index (χ4v) is 2.99. The molecule has 1 aliphatic rings. The third-order valence-electron chi connectivity index (χ3n) is 3.79. The van der Waals surface area contributed by atoms with Crippen LogP contribution in [0, 0.1) is 5.92 Å². The Kier molecular flexibility index (Phi) is 4.65. The first-order valence-electron chi connectivity index (χ1n) is 7.14. The molecule has 1 fully saturated rings. The van der Waals surface area contributed by atoms with E-state index >= 15 is 0 Å². The predicted molar refractivity (Wildman–Crippen MR) is 76.0 cm³/mol. The topological polar surface area (TPSA) is 21.3 Å². The first-order valence-corrected chi connectivity index (χ1v) is 7.14. The van der Waals surface area contributed by atoms with E-state index in [9.17, 15) is 0 Å². The molecule has 0 spiro atoms. The number of nitrogens with one attached hydrogen (secondary N) is 1. The van der Waals surface area contributed by atoms with Gasteiger partial charge in [-0.3, -0.25) is 0 Å². The molecule has 1 N–H and O–H groups in total. The van der Waals surface area contributed by atoms with Crippen LogP contribution in [0.25, 0.3) is 0 Å². The van der Waals surface area contributed by atoms with Crippen molar-refractivity contribution in [1.29, 1.82) is 0 Å². The van der Waals surface area contributed by atoms with Gasteiger partial charge < -0.3 is 10.1 Å². The Labute approximate surface area is 111 Å². The SMILES string of the molecule is CNC(c1ccc(OC(C)C)cc1)C1CCCC1. The molecule has 0 bridgehead atoms. The highest BCUT2D eigenvalue weighted by Crippen LogP contribution is 2.35. The Morgan fingerprint density at radius 1 is 1.11 bits per heavy atom.